The predicted molar refractivity (Wildman–Crippen MR) is 113 cm³/mol. The molecule has 0 fully saturated rings. The summed E-state index contributed by atoms with van der Waals surface area (Å²) in [5.74, 6) is 36.1. The first-order chi connectivity index (χ1) is 10.8. The SMILES string of the molecule is CC#CC#CC#CC#CC#CC#CC#Cc1cccc(O)c1.[HH].[HH].[HH].[HH].[HH].[HH].[HH].[HH].[HH].[HH].[HH].[HH]. The number of phenolic OH excluding ortho intramolecular Hbond substituents is 1. The Bertz CT molecular complexity index is 1010. The number of hydrogen-bond donors (Lipinski definition) is 1. The first-order valence-corrected chi connectivity index (χ1v) is 6.04. The highest BCUT2D eigenvalue weighted by atomic mass is 16.3. The van der Waals surface area contributed by atoms with Crippen LogP contribution in [0.2, 0.25) is 0 Å². The molecule has 1 heteroatoms. The summed E-state index contributed by atoms with van der Waals surface area (Å²) in [4.78, 5) is 0. The van der Waals surface area contributed by atoms with Crippen LogP contribution in [0.1, 0.15) is 29.6 Å². The van der Waals surface area contributed by atoms with Gasteiger partial charge in [-0.2, -0.15) is 0 Å². The molecule has 0 heterocycles. The zero-order valence-electron chi connectivity index (χ0n) is 11.8. The zero-order chi connectivity index (χ0) is 15.9. The molecule has 0 aromatic heterocycles. The molecule has 0 aliphatic rings. The number of aromatic hydroxyl groups is 1. The molecule has 1 aromatic carbocycles. The fourth-order valence-corrected chi connectivity index (χ4v) is 1.06. The minimum Gasteiger partial charge on any atom is -0.508 e. The van der Waals surface area contributed by atoms with Crippen LogP contribution in [0.3, 0.4) is 0 Å². The molecule has 0 bridgehead atoms. The third kappa shape index (κ3) is 8.11. The summed E-state index contributed by atoms with van der Waals surface area (Å²) >= 11 is 0. The summed E-state index contributed by atoms with van der Waals surface area (Å²) in [6, 6.07) is 6.62. The van der Waals surface area contributed by atoms with E-state index in [1.807, 2.05) is 0 Å². The van der Waals surface area contributed by atoms with Crippen molar-refractivity contribution in [2.75, 3.05) is 0 Å². The lowest BCUT2D eigenvalue weighted by molar-refractivity contribution is 0.475. The zero-order valence-corrected chi connectivity index (χ0v) is 11.8. The van der Waals surface area contributed by atoms with E-state index in [0.717, 1.165) is 0 Å². The van der Waals surface area contributed by atoms with Crippen molar-refractivity contribution in [2.24, 2.45) is 0 Å². The molecule has 22 heavy (non-hydrogen) atoms. The standard InChI is InChI=1S/C21H8O.12H2/c1-2-3-4-5-6-7-8-9-10-11-12-13-14-16-20-17-15-18-21(22)19-20;;;;;;;;;;;;/h15,17-19,22H,1H3;12*1H. The van der Waals surface area contributed by atoms with E-state index in [9.17, 15) is 5.11 Å². The van der Waals surface area contributed by atoms with Crippen LogP contribution in [0.15, 0.2) is 24.3 Å². The summed E-state index contributed by atoms with van der Waals surface area (Å²) in [6.07, 6.45) is 0. The number of hydrogen-bond acceptors (Lipinski definition) is 1. The van der Waals surface area contributed by atoms with E-state index in [1.54, 1.807) is 31.2 Å². The highest BCUT2D eigenvalue weighted by molar-refractivity contribution is 5.47. The molecule has 0 radical (unpaired) electrons. The maximum atomic E-state index is 9.25. The maximum Gasteiger partial charge on any atom is 0.116 e. The third-order valence-corrected chi connectivity index (χ3v) is 1.87. The van der Waals surface area contributed by atoms with Gasteiger partial charge in [0.15, 0.2) is 0 Å². The Balaban J connectivity index is -0.0000000403. The normalized spacial score (nSPS) is 5.86. The molecular formula is C21H32O. The van der Waals surface area contributed by atoms with Gasteiger partial charge in [0, 0.05) is 22.7 Å². The largest absolute Gasteiger partial charge is 0.508 e. The third-order valence-electron chi connectivity index (χ3n) is 1.87. The van der Waals surface area contributed by atoms with E-state index in [1.165, 1.54) is 0 Å². The number of benzene rings is 1. The van der Waals surface area contributed by atoms with Crippen LogP contribution < -0.4 is 0 Å². The Morgan fingerprint density at radius 2 is 1.23 bits per heavy atom. The summed E-state index contributed by atoms with van der Waals surface area (Å²) < 4.78 is 0. The van der Waals surface area contributed by atoms with Crippen molar-refractivity contribution in [3.8, 4) is 88.6 Å². The fourth-order valence-electron chi connectivity index (χ4n) is 1.06. The van der Waals surface area contributed by atoms with Crippen LogP contribution >= 0.6 is 0 Å². The molecule has 0 atom stereocenters. The van der Waals surface area contributed by atoms with Gasteiger partial charge in [-0.1, -0.05) is 17.9 Å². The van der Waals surface area contributed by atoms with Gasteiger partial charge in [-0.05, 0) is 96.2 Å². The van der Waals surface area contributed by atoms with Crippen molar-refractivity contribution >= 4 is 0 Å². The molecule has 0 aliphatic carbocycles. The minimum atomic E-state index is 0. The Morgan fingerprint density at radius 3 is 1.73 bits per heavy atom. The Morgan fingerprint density at radius 1 is 0.727 bits per heavy atom. The molecule has 122 valence electrons. The smallest absolute Gasteiger partial charge is 0.116 e. The summed E-state index contributed by atoms with van der Waals surface area (Å²) in [5.41, 5.74) is 0.686. The lowest BCUT2D eigenvalue weighted by atomic mass is 10.2. The first-order valence-electron chi connectivity index (χ1n) is 6.04. The van der Waals surface area contributed by atoms with Crippen LogP contribution in [-0.2, 0) is 0 Å². The van der Waals surface area contributed by atoms with Crippen LogP contribution in [-0.4, -0.2) is 5.11 Å². The average Bonchev–Trinajstić information content (AvgIpc) is 2.52. The van der Waals surface area contributed by atoms with Crippen LogP contribution in [0.25, 0.3) is 0 Å². The second-order valence-corrected chi connectivity index (χ2v) is 3.43. The van der Waals surface area contributed by atoms with Gasteiger partial charge in [-0.3, -0.25) is 0 Å². The Hall–Kier alpha value is -4.06. The summed E-state index contributed by atoms with van der Waals surface area (Å²) in [5, 5.41) is 9.25. The van der Waals surface area contributed by atoms with E-state index in [0.29, 0.717) is 5.56 Å². The van der Waals surface area contributed by atoms with Gasteiger partial charge in [0.25, 0.3) is 0 Å². The van der Waals surface area contributed by atoms with Crippen molar-refractivity contribution < 1.29 is 22.2 Å². The second kappa shape index (κ2) is 10.8. The van der Waals surface area contributed by atoms with Gasteiger partial charge >= 0.3 is 0 Å². The van der Waals surface area contributed by atoms with Crippen LogP contribution in [0, 0.1) is 82.9 Å². The highest BCUT2D eigenvalue weighted by Crippen LogP contribution is 2.08. The molecule has 0 saturated heterocycles. The van der Waals surface area contributed by atoms with E-state index in [2.05, 4.69) is 82.9 Å². The van der Waals surface area contributed by atoms with Crippen molar-refractivity contribution in [1.82, 2.24) is 0 Å². The fraction of sp³-hybridized carbons (Fsp3) is 0.0476. The molecule has 1 N–H and O–H groups in total. The minimum absolute atomic E-state index is 0. The summed E-state index contributed by atoms with van der Waals surface area (Å²) in [7, 11) is 0. The Kier molecular flexibility index (Phi) is 7.87. The molecular weight excluding hydrogens is 268 g/mol. The van der Waals surface area contributed by atoms with Crippen LogP contribution in [0.5, 0.6) is 5.75 Å². The molecule has 0 aliphatic heterocycles. The van der Waals surface area contributed by atoms with Gasteiger partial charge in [0.1, 0.15) is 5.75 Å². The van der Waals surface area contributed by atoms with Crippen molar-refractivity contribution in [1.29, 1.82) is 0 Å². The topological polar surface area (TPSA) is 20.2 Å². The van der Waals surface area contributed by atoms with Gasteiger partial charge < -0.3 is 5.11 Å². The molecule has 1 nitrogen and oxygen atoms in total. The second-order valence-electron chi connectivity index (χ2n) is 3.43. The molecule has 1 aromatic rings. The van der Waals surface area contributed by atoms with Gasteiger partial charge in [-0.25, -0.2) is 0 Å². The van der Waals surface area contributed by atoms with Gasteiger partial charge in [0.05, 0.1) is 0 Å². The average molecular weight is 300 g/mol. The monoisotopic (exact) mass is 300 g/mol. The first kappa shape index (κ1) is 16.0. The summed E-state index contributed by atoms with van der Waals surface area (Å²) in [6.45, 7) is 1.70. The van der Waals surface area contributed by atoms with Crippen molar-refractivity contribution in [2.45, 2.75) is 6.92 Å². The van der Waals surface area contributed by atoms with Gasteiger partial charge in [0.2, 0.25) is 0 Å². The molecule has 0 spiro atoms. The predicted octanol–water partition coefficient (Wildman–Crippen LogP) is 4.74. The van der Waals surface area contributed by atoms with Crippen molar-refractivity contribution in [3.05, 3.63) is 29.8 Å². The van der Waals surface area contributed by atoms with E-state index < -0.39 is 0 Å². The lowest BCUT2D eigenvalue weighted by Crippen LogP contribution is -1.71. The molecule has 0 unspecified atom stereocenters. The highest BCUT2D eigenvalue weighted by Gasteiger charge is 1.87. The van der Waals surface area contributed by atoms with Gasteiger partial charge in [-0.15, -0.1) is 0 Å². The molecule has 1 rings (SSSR count). The van der Waals surface area contributed by atoms with Crippen molar-refractivity contribution in [3.63, 3.8) is 0 Å². The number of rotatable bonds is 0. The Labute approximate surface area is 149 Å². The quantitative estimate of drug-likeness (QED) is 0.686. The van der Waals surface area contributed by atoms with E-state index in [4.69, 9.17) is 0 Å². The van der Waals surface area contributed by atoms with E-state index in [-0.39, 0.29) is 22.9 Å². The van der Waals surface area contributed by atoms with E-state index >= 15 is 0 Å². The number of phenols is 1. The maximum absolute atomic E-state index is 9.25. The lowest BCUT2D eigenvalue weighted by Gasteiger charge is -1.89. The molecule has 0 amide bonds. The van der Waals surface area contributed by atoms with Crippen LogP contribution in [0.4, 0.5) is 0 Å². The molecule has 0 saturated carbocycles.